The van der Waals surface area contributed by atoms with E-state index in [1.807, 2.05) is 6.92 Å². The number of fused-ring (bicyclic) bond motifs is 1. The van der Waals surface area contributed by atoms with Crippen LogP contribution in [0.15, 0.2) is 47.4 Å². The number of aryl methyl sites for hydroxylation is 1. The maximum atomic E-state index is 12.7. The Kier molecular flexibility index (Phi) is 4.00. The largest absolute Gasteiger partial charge is 0.416 e. The first-order valence-electron chi connectivity index (χ1n) is 6.72. The van der Waals surface area contributed by atoms with E-state index in [1.54, 1.807) is 18.2 Å². The van der Waals surface area contributed by atoms with Gasteiger partial charge < -0.3 is 0 Å². The Morgan fingerprint density at radius 1 is 1.12 bits per heavy atom. The van der Waals surface area contributed by atoms with Gasteiger partial charge in [0.25, 0.3) is 10.0 Å². The quantitative estimate of drug-likeness (QED) is 0.740. The van der Waals surface area contributed by atoms with Crippen LogP contribution in [0.2, 0.25) is 0 Å². The van der Waals surface area contributed by atoms with Crippen LogP contribution in [-0.2, 0) is 16.2 Å². The van der Waals surface area contributed by atoms with Gasteiger partial charge in [-0.05, 0) is 43.3 Å². The molecule has 0 aliphatic heterocycles. The minimum Gasteiger partial charge on any atom is -0.280 e. The molecule has 0 aliphatic rings. The van der Waals surface area contributed by atoms with E-state index < -0.39 is 26.7 Å². The van der Waals surface area contributed by atoms with Crippen molar-refractivity contribution < 1.29 is 21.6 Å². The number of halogens is 3. The zero-order valence-corrected chi connectivity index (χ0v) is 13.9. The monoisotopic (exact) mass is 372 g/mol. The van der Waals surface area contributed by atoms with Crippen molar-refractivity contribution in [1.82, 2.24) is 4.98 Å². The van der Waals surface area contributed by atoms with Crippen molar-refractivity contribution in [1.29, 1.82) is 0 Å². The first-order chi connectivity index (χ1) is 11.1. The second-order valence-electron chi connectivity index (χ2n) is 5.05. The first kappa shape index (κ1) is 16.7. The summed E-state index contributed by atoms with van der Waals surface area (Å²) in [5, 5.41) is 0.836. The van der Waals surface area contributed by atoms with Gasteiger partial charge in [0.05, 0.1) is 31.4 Å². The minimum absolute atomic E-state index is 0.241. The summed E-state index contributed by atoms with van der Waals surface area (Å²) in [5.74, 6) is 0. The van der Waals surface area contributed by atoms with Crippen molar-refractivity contribution in [3.8, 4) is 0 Å². The Balaban J connectivity index is 1.95. The molecular formula is C15H11F3N2O2S2. The zero-order valence-electron chi connectivity index (χ0n) is 12.3. The van der Waals surface area contributed by atoms with E-state index >= 15 is 0 Å². The van der Waals surface area contributed by atoms with Crippen LogP contribution in [0.1, 0.15) is 10.6 Å². The van der Waals surface area contributed by atoms with Crippen molar-refractivity contribution in [2.45, 2.75) is 18.0 Å². The number of benzene rings is 2. The van der Waals surface area contributed by atoms with Gasteiger partial charge in [0, 0.05) is 0 Å². The van der Waals surface area contributed by atoms with Crippen LogP contribution in [0.3, 0.4) is 0 Å². The summed E-state index contributed by atoms with van der Waals surface area (Å²) in [6.45, 7) is 1.83. The molecule has 1 N–H and O–H groups in total. The van der Waals surface area contributed by atoms with Crippen LogP contribution in [0.4, 0.5) is 18.9 Å². The zero-order chi connectivity index (χ0) is 17.5. The van der Waals surface area contributed by atoms with Gasteiger partial charge in [-0.15, -0.1) is 11.3 Å². The molecule has 0 spiro atoms. The lowest BCUT2D eigenvalue weighted by atomic mass is 10.2. The third kappa shape index (κ3) is 3.36. The van der Waals surface area contributed by atoms with Gasteiger partial charge in [-0.2, -0.15) is 13.2 Å². The van der Waals surface area contributed by atoms with Gasteiger partial charge in [-0.25, -0.2) is 13.4 Å². The fourth-order valence-corrected chi connectivity index (χ4v) is 4.06. The lowest BCUT2D eigenvalue weighted by Gasteiger charge is -2.11. The number of nitrogens with zero attached hydrogens (tertiary/aromatic N) is 1. The van der Waals surface area contributed by atoms with E-state index in [-0.39, 0.29) is 5.69 Å². The summed E-state index contributed by atoms with van der Waals surface area (Å²) in [6, 6.07) is 8.41. The summed E-state index contributed by atoms with van der Waals surface area (Å²) in [7, 11) is -4.13. The summed E-state index contributed by atoms with van der Waals surface area (Å²) < 4.78 is 66.0. The standard InChI is InChI=1S/C15H11F3N2O2S2/c1-9-19-13-8-11(5-6-14(13)23-9)20-24(21,22)12-4-2-3-10(7-12)15(16,17)18/h2-8,20H,1H3. The molecule has 1 heterocycles. The second-order valence-corrected chi connectivity index (χ2v) is 7.96. The van der Waals surface area contributed by atoms with E-state index in [0.717, 1.165) is 27.9 Å². The summed E-state index contributed by atoms with van der Waals surface area (Å²) in [6.07, 6.45) is -4.61. The molecule has 0 saturated heterocycles. The minimum atomic E-state index is -4.61. The Labute approximate surface area is 140 Å². The molecule has 0 bridgehead atoms. The average Bonchev–Trinajstić information content (AvgIpc) is 2.85. The fourth-order valence-electron chi connectivity index (χ4n) is 2.16. The van der Waals surface area contributed by atoms with Gasteiger partial charge >= 0.3 is 6.18 Å². The molecule has 0 fully saturated rings. The van der Waals surface area contributed by atoms with E-state index in [9.17, 15) is 21.6 Å². The smallest absolute Gasteiger partial charge is 0.280 e. The van der Waals surface area contributed by atoms with Crippen molar-refractivity contribution >= 4 is 37.3 Å². The molecule has 0 saturated carbocycles. The SMILES string of the molecule is Cc1nc2cc(NS(=O)(=O)c3cccc(C(F)(F)F)c3)ccc2s1. The molecule has 0 aliphatic carbocycles. The number of rotatable bonds is 3. The normalized spacial score (nSPS) is 12.5. The van der Waals surface area contributed by atoms with Crippen molar-refractivity contribution in [3.05, 3.63) is 53.0 Å². The molecule has 9 heteroatoms. The Morgan fingerprint density at radius 2 is 1.88 bits per heavy atom. The Hall–Kier alpha value is -2.13. The van der Waals surface area contributed by atoms with Crippen LogP contribution in [0.25, 0.3) is 10.2 Å². The summed E-state index contributed by atoms with van der Waals surface area (Å²) in [4.78, 5) is 3.81. The summed E-state index contributed by atoms with van der Waals surface area (Å²) in [5.41, 5.74) is -0.150. The lowest BCUT2D eigenvalue weighted by Crippen LogP contribution is -2.14. The highest BCUT2D eigenvalue weighted by Crippen LogP contribution is 2.31. The van der Waals surface area contributed by atoms with E-state index in [0.29, 0.717) is 11.6 Å². The first-order valence-corrected chi connectivity index (χ1v) is 9.02. The molecule has 0 atom stereocenters. The Morgan fingerprint density at radius 3 is 2.58 bits per heavy atom. The number of anilines is 1. The Bertz CT molecular complexity index is 1010. The molecule has 2 aromatic carbocycles. The molecule has 0 unspecified atom stereocenters. The van der Waals surface area contributed by atoms with Crippen LogP contribution in [-0.4, -0.2) is 13.4 Å². The maximum Gasteiger partial charge on any atom is 0.416 e. The summed E-state index contributed by atoms with van der Waals surface area (Å²) >= 11 is 1.47. The molecule has 3 rings (SSSR count). The third-order valence-corrected chi connectivity index (χ3v) is 5.55. The van der Waals surface area contributed by atoms with E-state index in [1.165, 1.54) is 11.3 Å². The number of thiazole rings is 1. The fraction of sp³-hybridized carbons (Fsp3) is 0.133. The third-order valence-electron chi connectivity index (χ3n) is 3.22. The lowest BCUT2D eigenvalue weighted by molar-refractivity contribution is -0.137. The molecule has 0 radical (unpaired) electrons. The number of aromatic nitrogens is 1. The van der Waals surface area contributed by atoms with E-state index in [2.05, 4.69) is 9.71 Å². The number of sulfonamides is 1. The van der Waals surface area contributed by atoms with Gasteiger partial charge in [0.1, 0.15) is 0 Å². The van der Waals surface area contributed by atoms with Crippen LogP contribution in [0, 0.1) is 6.92 Å². The number of hydrogen-bond acceptors (Lipinski definition) is 4. The van der Waals surface area contributed by atoms with Crippen molar-refractivity contribution in [2.24, 2.45) is 0 Å². The number of nitrogens with one attached hydrogen (secondary N) is 1. The van der Waals surface area contributed by atoms with E-state index in [4.69, 9.17) is 0 Å². The van der Waals surface area contributed by atoms with Gasteiger partial charge in [-0.3, -0.25) is 4.72 Å². The molecule has 1 aromatic heterocycles. The molecule has 3 aromatic rings. The topological polar surface area (TPSA) is 59.1 Å². The number of hydrogen-bond donors (Lipinski definition) is 1. The molecule has 126 valence electrons. The average molecular weight is 372 g/mol. The molecule has 4 nitrogen and oxygen atoms in total. The highest BCUT2D eigenvalue weighted by atomic mass is 32.2. The van der Waals surface area contributed by atoms with Crippen molar-refractivity contribution in [2.75, 3.05) is 4.72 Å². The highest BCUT2D eigenvalue weighted by Gasteiger charge is 2.31. The van der Waals surface area contributed by atoms with Crippen LogP contribution < -0.4 is 4.72 Å². The van der Waals surface area contributed by atoms with Crippen molar-refractivity contribution in [3.63, 3.8) is 0 Å². The van der Waals surface area contributed by atoms with Crippen LogP contribution >= 0.6 is 11.3 Å². The molecule has 24 heavy (non-hydrogen) atoms. The van der Waals surface area contributed by atoms with Gasteiger partial charge in [-0.1, -0.05) is 6.07 Å². The highest BCUT2D eigenvalue weighted by molar-refractivity contribution is 7.92. The van der Waals surface area contributed by atoms with Gasteiger partial charge in [0.2, 0.25) is 0 Å². The molecule has 0 amide bonds. The predicted molar refractivity (Wildman–Crippen MR) is 86.6 cm³/mol. The number of alkyl halides is 3. The van der Waals surface area contributed by atoms with Crippen LogP contribution in [0.5, 0.6) is 0 Å². The van der Waals surface area contributed by atoms with Gasteiger partial charge in [0.15, 0.2) is 0 Å². The maximum absolute atomic E-state index is 12.7. The predicted octanol–water partition coefficient (Wildman–Crippen LogP) is 4.42. The second kappa shape index (κ2) is 5.75. The molecular weight excluding hydrogens is 361 g/mol.